The van der Waals surface area contributed by atoms with Gasteiger partial charge < -0.3 is 10.6 Å². The van der Waals surface area contributed by atoms with Gasteiger partial charge in [0.15, 0.2) is 0 Å². The molecule has 2 aliphatic rings. The van der Waals surface area contributed by atoms with Crippen LogP contribution in [-0.2, 0) is 0 Å². The van der Waals surface area contributed by atoms with Crippen molar-refractivity contribution in [2.24, 2.45) is 11.8 Å². The fourth-order valence-corrected chi connectivity index (χ4v) is 3.51. The first kappa shape index (κ1) is 15.5. The first-order valence-corrected chi connectivity index (χ1v) is 6.98. The van der Waals surface area contributed by atoms with Crippen molar-refractivity contribution in [3.05, 3.63) is 34.6 Å². The Labute approximate surface area is 128 Å². The van der Waals surface area contributed by atoms with Crippen molar-refractivity contribution in [2.75, 3.05) is 13.1 Å². The Kier molecular flexibility index (Phi) is 4.89. The minimum absolute atomic E-state index is 0. The van der Waals surface area contributed by atoms with E-state index in [-0.39, 0.29) is 29.0 Å². The van der Waals surface area contributed by atoms with E-state index in [4.69, 9.17) is 11.6 Å². The molecule has 3 atom stereocenters. The molecule has 0 aromatic heterocycles. The molecule has 3 nitrogen and oxygen atoms in total. The third kappa shape index (κ3) is 2.92. The Morgan fingerprint density at radius 1 is 1.30 bits per heavy atom. The molecule has 1 aliphatic heterocycles. The topological polar surface area (TPSA) is 41.1 Å². The summed E-state index contributed by atoms with van der Waals surface area (Å²) >= 11 is 5.89. The molecule has 20 heavy (non-hydrogen) atoms. The van der Waals surface area contributed by atoms with Gasteiger partial charge in [-0.3, -0.25) is 4.79 Å². The Balaban J connectivity index is 0.00000147. The van der Waals surface area contributed by atoms with Gasteiger partial charge in [0.2, 0.25) is 0 Å². The lowest BCUT2D eigenvalue weighted by molar-refractivity contribution is 0.0932. The summed E-state index contributed by atoms with van der Waals surface area (Å²) in [7, 11) is 0. The second kappa shape index (κ2) is 6.29. The van der Waals surface area contributed by atoms with Crippen molar-refractivity contribution in [3.63, 3.8) is 0 Å². The lowest BCUT2D eigenvalue weighted by Crippen LogP contribution is -2.34. The third-order valence-electron chi connectivity index (χ3n) is 4.18. The molecule has 0 radical (unpaired) electrons. The van der Waals surface area contributed by atoms with E-state index < -0.39 is 11.7 Å². The monoisotopic (exact) mass is 318 g/mol. The summed E-state index contributed by atoms with van der Waals surface area (Å²) in [6, 6.07) is 4.43. The number of amides is 1. The van der Waals surface area contributed by atoms with Crippen molar-refractivity contribution in [3.8, 4) is 0 Å². The van der Waals surface area contributed by atoms with Crippen LogP contribution in [0, 0.1) is 17.7 Å². The number of carbonyl (C=O) groups excluding carboxylic acids is 1. The van der Waals surface area contributed by atoms with Gasteiger partial charge in [-0.1, -0.05) is 17.7 Å². The Morgan fingerprint density at radius 3 is 2.55 bits per heavy atom. The van der Waals surface area contributed by atoms with Gasteiger partial charge in [-0.05, 0) is 49.9 Å². The van der Waals surface area contributed by atoms with E-state index in [2.05, 4.69) is 10.6 Å². The number of hydrogen-bond acceptors (Lipinski definition) is 2. The van der Waals surface area contributed by atoms with Gasteiger partial charge in [0.25, 0.3) is 5.91 Å². The largest absolute Gasteiger partial charge is 0.349 e. The van der Waals surface area contributed by atoms with Crippen LogP contribution in [0.5, 0.6) is 0 Å². The number of nitrogens with one attached hydrogen (secondary N) is 2. The van der Waals surface area contributed by atoms with Gasteiger partial charge in [-0.25, -0.2) is 4.39 Å². The molecule has 1 aromatic rings. The highest BCUT2D eigenvalue weighted by atomic mass is 35.5. The van der Waals surface area contributed by atoms with Crippen LogP contribution in [0.2, 0.25) is 5.02 Å². The van der Waals surface area contributed by atoms with Gasteiger partial charge >= 0.3 is 0 Å². The molecule has 2 fully saturated rings. The van der Waals surface area contributed by atoms with Crippen LogP contribution >= 0.6 is 24.0 Å². The minimum atomic E-state index is -0.565. The number of hydrogen-bond donors (Lipinski definition) is 2. The van der Waals surface area contributed by atoms with Crippen molar-refractivity contribution in [1.29, 1.82) is 0 Å². The molecule has 2 N–H and O–H groups in total. The molecule has 0 unspecified atom stereocenters. The summed E-state index contributed by atoms with van der Waals surface area (Å²) in [6.07, 6.45) is 1.94. The number of benzene rings is 1. The Morgan fingerprint density at radius 2 is 1.95 bits per heavy atom. The molecule has 0 spiro atoms. The standard InChI is InChI=1S/C14H16ClFN2O.ClH/c15-11-2-1-3-12(16)13(11)14(19)18-10-4-8-6-17-7-9(8)5-10;/h1-3,8-10,17H,4-7H2,(H,18,19);1H/t8-,9+,10+;. The summed E-state index contributed by atoms with van der Waals surface area (Å²) in [5.41, 5.74) is -0.0423. The Bertz CT molecular complexity index is 480. The molecule has 0 bridgehead atoms. The molecular formula is C14H17Cl2FN2O. The molecule has 1 aliphatic carbocycles. The van der Waals surface area contributed by atoms with E-state index in [0.717, 1.165) is 25.9 Å². The average molecular weight is 319 g/mol. The number of halogens is 3. The smallest absolute Gasteiger partial charge is 0.255 e. The summed E-state index contributed by atoms with van der Waals surface area (Å²) < 4.78 is 13.7. The van der Waals surface area contributed by atoms with E-state index in [9.17, 15) is 9.18 Å². The normalized spacial score (nSPS) is 27.8. The molecule has 1 amide bonds. The average Bonchev–Trinajstić information content (AvgIpc) is 2.89. The fourth-order valence-electron chi connectivity index (χ4n) is 3.26. The minimum Gasteiger partial charge on any atom is -0.349 e. The maximum absolute atomic E-state index is 13.7. The molecule has 1 saturated carbocycles. The molecule has 1 heterocycles. The quantitative estimate of drug-likeness (QED) is 0.880. The zero-order valence-electron chi connectivity index (χ0n) is 10.9. The van der Waals surface area contributed by atoms with Gasteiger partial charge in [0.05, 0.1) is 10.6 Å². The van der Waals surface area contributed by atoms with Gasteiger partial charge in [0, 0.05) is 6.04 Å². The number of carbonyl (C=O) groups is 1. The highest BCUT2D eigenvalue weighted by Crippen LogP contribution is 2.34. The van der Waals surface area contributed by atoms with E-state index >= 15 is 0 Å². The van der Waals surface area contributed by atoms with Crippen LogP contribution in [0.3, 0.4) is 0 Å². The number of fused-ring (bicyclic) bond motifs is 1. The maximum Gasteiger partial charge on any atom is 0.255 e. The summed E-state index contributed by atoms with van der Waals surface area (Å²) in [4.78, 5) is 12.1. The molecule has 3 rings (SSSR count). The maximum atomic E-state index is 13.7. The van der Waals surface area contributed by atoms with Crippen LogP contribution < -0.4 is 10.6 Å². The first-order chi connectivity index (χ1) is 9.15. The lowest BCUT2D eigenvalue weighted by Gasteiger charge is -2.14. The van der Waals surface area contributed by atoms with E-state index in [1.165, 1.54) is 18.2 Å². The van der Waals surface area contributed by atoms with Crippen molar-refractivity contribution < 1.29 is 9.18 Å². The molecule has 6 heteroatoms. The van der Waals surface area contributed by atoms with Crippen LogP contribution in [0.25, 0.3) is 0 Å². The molecular weight excluding hydrogens is 302 g/mol. The van der Waals surface area contributed by atoms with E-state index in [1.54, 1.807) is 0 Å². The summed E-state index contributed by atoms with van der Waals surface area (Å²) in [5.74, 6) is 0.314. The van der Waals surface area contributed by atoms with Crippen LogP contribution in [-0.4, -0.2) is 25.0 Å². The SMILES string of the molecule is Cl.O=C(N[C@@H]1C[C@H]2CNC[C@H]2C1)c1c(F)cccc1Cl. The fraction of sp³-hybridized carbons (Fsp3) is 0.500. The third-order valence-corrected chi connectivity index (χ3v) is 4.49. The number of rotatable bonds is 2. The Hall–Kier alpha value is -0.840. The van der Waals surface area contributed by atoms with E-state index in [1.807, 2.05) is 0 Å². The second-order valence-corrected chi connectivity index (χ2v) is 5.82. The highest BCUT2D eigenvalue weighted by Gasteiger charge is 2.38. The van der Waals surface area contributed by atoms with Crippen LogP contribution in [0.1, 0.15) is 23.2 Å². The van der Waals surface area contributed by atoms with E-state index in [0.29, 0.717) is 11.8 Å². The summed E-state index contributed by atoms with van der Waals surface area (Å²) in [6.45, 7) is 2.05. The zero-order chi connectivity index (χ0) is 13.4. The molecule has 1 saturated heterocycles. The zero-order valence-corrected chi connectivity index (χ0v) is 12.4. The van der Waals surface area contributed by atoms with Gasteiger partial charge in [-0.15, -0.1) is 12.4 Å². The van der Waals surface area contributed by atoms with Crippen molar-refractivity contribution >= 4 is 29.9 Å². The van der Waals surface area contributed by atoms with Gasteiger partial charge in [-0.2, -0.15) is 0 Å². The first-order valence-electron chi connectivity index (χ1n) is 6.60. The predicted molar refractivity (Wildman–Crippen MR) is 79.0 cm³/mol. The predicted octanol–water partition coefficient (Wildman–Crippen LogP) is 2.63. The molecule has 1 aromatic carbocycles. The van der Waals surface area contributed by atoms with Crippen molar-refractivity contribution in [1.82, 2.24) is 10.6 Å². The van der Waals surface area contributed by atoms with Crippen molar-refractivity contribution in [2.45, 2.75) is 18.9 Å². The van der Waals surface area contributed by atoms with Crippen LogP contribution in [0.4, 0.5) is 4.39 Å². The van der Waals surface area contributed by atoms with Gasteiger partial charge in [0.1, 0.15) is 5.82 Å². The summed E-state index contributed by atoms with van der Waals surface area (Å²) in [5, 5.41) is 6.43. The highest BCUT2D eigenvalue weighted by molar-refractivity contribution is 6.33. The second-order valence-electron chi connectivity index (χ2n) is 5.42. The lowest BCUT2D eigenvalue weighted by atomic mass is 10.0. The van der Waals surface area contributed by atoms with Crippen LogP contribution in [0.15, 0.2) is 18.2 Å². The molecule has 110 valence electrons.